The molecule has 0 amide bonds. The minimum atomic E-state index is -3.86. The Hall–Kier alpha value is -3.07. The summed E-state index contributed by atoms with van der Waals surface area (Å²) in [5, 5.41) is 6.05. The number of benzene rings is 2. The molecule has 0 atom stereocenters. The number of nitrogens with zero attached hydrogens (tertiary/aromatic N) is 2. The number of anilines is 1. The van der Waals surface area contributed by atoms with Gasteiger partial charge in [0.1, 0.15) is 12.1 Å². The molecule has 3 rings (SSSR count). The zero-order chi connectivity index (χ0) is 21.3. The fourth-order valence-electron chi connectivity index (χ4n) is 3.21. The summed E-state index contributed by atoms with van der Waals surface area (Å²) >= 11 is 0. The van der Waals surface area contributed by atoms with Crippen LogP contribution < -0.4 is 15.1 Å². The highest BCUT2D eigenvalue weighted by atomic mass is 32.2. The van der Waals surface area contributed by atoms with Gasteiger partial charge in [-0.1, -0.05) is 19.9 Å². The first-order chi connectivity index (χ1) is 13.7. The van der Waals surface area contributed by atoms with E-state index in [9.17, 15) is 13.2 Å². The van der Waals surface area contributed by atoms with E-state index in [2.05, 4.69) is 14.9 Å². The van der Waals surface area contributed by atoms with Gasteiger partial charge in [0, 0.05) is 0 Å². The van der Waals surface area contributed by atoms with Gasteiger partial charge in [-0.25, -0.2) is 22.9 Å². The maximum atomic E-state index is 13.2. The van der Waals surface area contributed by atoms with Crippen LogP contribution in [0.4, 0.5) is 5.69 Å². The van der Waals surface area contributed by atoms with Gasteiger partial charge >= 0.3 is 5.69 Å². The smallest absolute Gasteiger partial charge is 0.347 e. The van der Waals surface area contributed by atoms with Crippen LogP contribution in [0.2, 0.25) is 0 Å². The first-order valence-electron chi connectivity index (χ1n) is 9.09. The summed E-state index contributed by atoms with van der Waals surface area (Å²) in [5.41, 5.74) is 2.53. The predicted molar refractivity (Wildman–Crippen MR) is 112 cm³/mol. The third-order valence-electron chi connectivity index (χ3n) is 4.80. The summed E-state index contributed by atoms with van der Waals surface area (Å²) in [6.07, 6.45) is 1.35. The van der Waals surface area contributed by atoms with Gasteiger partial charge in [0.25, 0.3) is 10.0 Å². The lowest BCUT2D eigenvalue weighted by Gasteiger charge is -2.18. The topological polar surface area (TPSA) is 106 Å². The Morgan fingerprint density at radius 1 is 1.21 bits per heavy atom. The fraction of sp³-hybridized carbons (Fsp3) is 0.300. The Bertz CT molecular complexity index is 1210. The van der Waals surface area contributed by atoms with Gasteiger partial charge in [-0.2, -0.15) is 5.10 Å². The molecule has 0 aliphatic heterocycles. The average molecular weight is 417 g/mol. The van der Waals surface area contributed by atoms with Gasteiger partial charge in [-0.15, -0.1) is 0 Å². The molecular weight excluding hydrogens is 392 g/mol. The summed E-state index contributed by atoms with van der Waals surface area (Å²) in [7, 11) is -2.29. The third kappa shape index (κ3) is 3.91. The van der Waals surface area contributed by atoms with E-state index in [0.29, 0.717) is 28.3 Å². The van der Waals surface area contributed by atoms with Crippen LogP contribution in [0.5, 0.6) is 5.75 Å². The van der Waals surface area contributed by atoms with E-state index in [0.717, 1.165) is 5.56 Å². The maximum Gasteiger partial charge on any atom is 0.347 e. The molecule has 1 heterocycles. The summed E-state index contributed by atoms with van der Waals surface area (Å²) in [4.78, 5) is 12.1. The number of hydrogen-bond acceptors (Lipinski definition) is 5. The quantitative estimate of drug-likeness (QED) is 0.642. The van der Waals surface area contributed by atoms with Crippen LogP contribution in [0.1, 0.15) is 36.5 Å². The number of hydrogen-bond donors (Lipinski definition) is 2. The lowest BCUT2D eigenvalue weighted by atomic mass is 10.0. The summed E-state index contributed by atoms with van der Waals surface area (Å²) in [5.74, 6) is 0.756. The van der Waals surface area contributed by atoms with Gasteiger partial charge in [-0.05, 0) is 60.7 Å². The predicted octanol–water partition coefficient (Wildman–Crippen LogP) is 3.11. The van der Waals surface area contributed by atoms with E-state index in [1.54, 1.807) is 51.3 Å². The SMILES string of the molecule is COc1cc(C)c(S(=O)(=O)Nc2cccc(-n3cn[nH]c3=O)c2C)cc1C(C)C. The first-order valence-corrected chi connectivity index (χ1v) is 10.6. The van der Waals surface area contributed by atoms with Crippen molar-refractivity contribution >= 4 is 15.7 Å². The lowest BCUT2D eigenvalue weighted by Crippen LogP contribution is -2.18. The fourth-order valence-corrected chi connectivity index (χ4v) is 4.59. The van der Waals surface area contributed by atoms with Crippen LogP contribution in [0.15, 0.2) is 46.3 Å². The zero-order valence-electron chi connectivity index (χ0n) is 17.0. The number of aryl methyl sites for hydroxylation is 1. The van der Waals surface area contributed by atoms with Crippen molar-refractivity contribution in [3.05, 3.63) is 63.8 Å². The van der Waals surface area contributed by atoms with Crippen molar-refractivity contribution < 1.29 is 13.2 Å². The minimum Gasteiger partial charge on any atom is -0.496 e. The van der Waals surface area contributed by atoms with Crippen LogP contribution in [0.25, 0.3) is 5.69 Å². The molecule has 2 N–H and O–H groups in total. The molecule has 0 fully saturated rings. The molecule has 2 aromatic carbocycles. The van der Waals surface area contributed by atoms with Crippen molar-refractivity contribution in [3.8, 4) is 11.4 Å². The van der Waals surface area contributed by atoms with Crippen LogP contribution in [-0.2, 0) is 10.0 Å². The summed E-state index contributed by atoms with van der Waals surface area (Å²) in [6.45, 7) is 7.43. The normalized spacial score (nSPS) is 11.7. The number of ether oxygens (including phenoxy) is 1. The monoisotopic (exact) mass is 416 g/mol. The zero-order valence-corrected chi connectivity index (χ0v) is 17.8. The summed E-state index contributed by atoms with van der Waals surface area (Å²) in [6, 6.07) is 8.45. The van der Waals surface area contributed by atoms with Crippen molar-refractivity contribution in [3.63, 3.8) is 0 Å². The van der Waals surface area contributed by atoms with E-state index in [1.165, 1.54) is 10.9 Å². The largest absolute Gasteiger partial charge is 0.496 e. The second-order valence-corrected chi connectivity index (χ2v) is 8.75. The van der Waals surface area contributed by atoms with Gasteiger partial charge in [0.05, 0.1) is 23.4 Å². The number of H-pyrrole nitrogens is 1. The molecule has 0 aliphatic rings. The van der Waals surface area contributed by atoms with E-state index < -0.39 is 15.7 Å². The number of aromatic amines is 1. The number of methoxy groups -OCH3 is 1. The van der Waals surface area contributed by atoms with Crippen molar-refractivity contribution in [2.24, 2.45) is 0 Å². The van der Waals surface area contributed by atoms with Crippen molar-refractivity contribution in [2.45, 2.75) is 38.5 Å². The molecular formula is C20H24N4O4S. The Morgan fingerprint density at radius 2 is 1.93 bits per heavy atom. The molecule has 154 valence electrons. The average Bonchev–Trinajstić information content (AvgIpc) is 3.08. The van der Waals surface area contributed by atoms with Crippen LogP contribution >= 0.6 is 0 Å². The van der Waals surface area contributed by atoms with Gasteiger partial charge < -0.3 is 4.74 Å². The van der Waals surface area contributed by atoms with Crippen LogP contribution in [0.3, 0.4) is 0 Å². The second-order valence-electron chi connectivity index (χ2n) is 7.10. The highest BCUT2D eigenvalue weighted by Crippen LogP contribution is 2.33. The molecule has 29 heavy (non-hydrogen) atoms. The maximum absolute atomic E-state index is 13.2. The molecule has 3 aromatic rings. The number of aromatic nitrogens is 3. The van der Waals surface area contributed by atoms with Crippen molar-refractivity contribution in [1.29, 1.82) is 0 Å². The van der Waals surface area contributed by atoms with E-state index in [4.69, 9.17) is 4.74 Å². The molecule has 1 aromatic heterocycles. The van der Waals surface area contributed by atoms with Gasteiger partial charge in [0.2, 0.25) is 0 Å². The highest BCUT2D eigenvalue weighted by molar-refractivity contribution is 7.92. The molecule has 0 saturated carbocycles. The van der Waals surface area contributed by atoms with Gasteiger partial charge in [0.15, 0.2) is 0 Å². The molecule has 9 heteroatoms. The molecule has 0 spiro atoms. The standard InChI is InChI=1S/C20H24N4O4S/c1-12(2)15-10-19(13(3)9-18(15)28-5)29(26,27)23-16-7-6-8-17(14(16)4)24-11-21-22-20(24)25/h6-12,23H,1-5H3,(H,22,25). The molecule has 0 saturated heterocycles. The first kappa shape index (κ1) is 20.7. The summed E-state index contributed by atoms with van der Waals surface area (Å²) < 4.78 is 35.7. The third-order valence-corrected chi connectivity index (χ3v) is 6.31. The Morgan fingerprint density at radius 3 is 2.52 bits per heavy atom. The van der Waals surface area contributed by atoms with Crippen molar-refractivity contribution in [1.82, 2.24) is 14.8 Å². The second kappa shape index (κ2) is 7.75. The van der Waals surface area contributed by atoms with E-state index in [1.807, 2.05) is 13.8 Å². The minimum absolute atomic E-state index is 0.0949. The Kier molecular flexibility index (Phi) is 5.52. The molecule has 0 bridgehead atoms. The molecule has 0 radical (unpaired) electrons. The van der Waals surface area contributed by atoms with E-state index in [-0.39, 0.29) is 10.8 Å². The molecule has 8 nitrogen and oxygen atoms in total. The highest BCUT2D eigenvalue weighted by Gasteiger charge is 2.22. The molecule has 0 aliphatic carbocycles. The number of nitrogens with one attached hydrogen (secondary N) is 2. The van der Waals surface area contributed by atoms with E-state index >= 15 is 0 Å². The lowest BCUT2D eigenvalue weighted by molar-refractivity contribution is 0.406. The molecule has 0 unspecified atom stereocenters. The van der Waals surface area contributed by atoms with Crippen molar-refractivity contribution in [2.75, 3.05) is 11.8 Å². The Balaban J connectivity index is 2.06. The Labute approximate surface area is 169 Å². The number of rotatable bonds is 6. The number of sulfonamides is 1. The van der Waals surface area contributed by atoms with Gasteiger partial charge in [-0.3, -0.25) is 4.72 Å². The van der Waals surface area contributed by atoms with Crippen LogP contribution in [-0.4, -0.2) is 30.3 Å². The van der Waals surface area contributed by atoms with Crippen LogP contribution in [0, 0.1) is 13.8 Å².